The summed E-state index contributed by atoms with van der Waals surface area (Å²) >= 11 is 11.7. The van der Waals surface area contributed by atoms with Crippen LogP contribution >= 0.6 is 23.2 Å². The zero-order valence-electron chi connectivity index (χ0n) is 24.1. The number of hydrogen-bond acceptors (Lipinski definition) is 6. The van der Waals surface area contributed by atoms with Gasteiger partial charge in [-0.25, -0.2) is 4.79 Å². The maximum absolute atomic E-state index is 12.8. The van der Waals surface area contributed by atoms with E-state index in [1.165, 1.54) is 7.11 Å². The second-order valence-corrected chi connectivity index (χ2v) is 14.1. The molecule has 0 saturated heterocycles. The fourth-order valence-electron chi connectivity index (χ4n) is 9.59. The van der Waals surface area contributed by atoms with E-state index in [-0.39, 0.29) is 52.7 Å². The van der Waals surface area contributed by atoms with E-state index in [0.29, 0.717) is 55.9 Å². The highest BCUT2D eigenvalue weighted by molar-refractivity contribution is 6.18. The van der Waals surface area contributed by atoms with Crippen molar-refractivity contribution in [3.05, 3.63) is 0 Å². The molecule has 0 aliphatic heterocycles. The topological polar surface area (TPSA) is 96.3 Å². The van der Waals surface area contributed by atoms with Crippen molar-refractivity contribution >= 4 is 35.3 Å². The monoisotopic (exact) mass is 589 g/mol. The third kappa shape index (κ3) is 5.81. The molecule has 7 nitrogen and oxygen atoms in total. The predicted octanol–water partition coefficient (Wildman–Crippen LogP) is 5.46. The van der Waals surface area contributed by atoms with Gasteiger partial charge in [0.2, 0.25) is 0 Å². The Balaban J connectivity index is 1.47. The molecule has 0 radical (unpaired) electrons. The Bertz CT molecular complexity index is 870. The molecule has 224 valence electrons. The van der Waals surface area contributed by atoms with Crippen molar-refractivity contribution in [1.82, 2.24) is 4.90 Å². The molecule has 0 spiro atoms. The number of nitrogens with zero attached hydrogens (tertiary/aromatic N) is 1. The Morgan fingerprint density at radius 1 is 1.03 bits per heavy atom. The highest BCUT2D eigenvalue weighted by atomic mass is 35.5. The number of ether oxygens (including phenoxy) is 2. The fourth-order valence-corrected chi connectivity index (χ4v) is 9.99. The molecule has 4 saturated carbocycles. The maximum Gasteiger partial charge on any atom is 0.410 e. The Kier molecular flexibility index (Phi) is 10.1. The number of alkyl halides is 2. The van der Waals surface area contributed by atoms with E-state index in [2.05, 4.69) is 20.8 Å². The molecule has 9 heteroatoms. The first-order chi connectivity index (χ1) is 18.5. The normalized spacial score (nSPS) is 42.1. The summed E-state index contributed by atoms with van der Waals surface area (Å²) in [4.78, 5) is 26.1. The minimum absolute atomic E-state index is 0.00430. The van der Waals surface area contributed by atoms with Gasteiger partial charge in [0.25, 0.3) is 0 Å². The van der Waals surface area contributed by atoms with Gasteiger partial charge in [0.15, 0.2) is 0 Å². The van der Waals surface area contributed by atoms with E-state index in [0.717, 1.165) is 38.5 Å². The number of methoxy groups -OCH3 is 1. The van der Waals surface area contributed by atoms with Crippen LogP contribution in [-0.4, -0.2) is 77.4 Å². The number of rotatable bonds is 9. The SMILES string of the molecule is COC(=O)CC[C@@H](C)[C@H]1CC[C@H]2[C@@H]3[C@H](O)C[C@@H]4C[C@H](OC(=O)N(CCCl)CCCl)CC[C@]4(C)[C@H]3C[C@H](O)[C@]12C. The first-order valence-electron chi connectivity index (χ1n) is 15.0. The summed E-state index contributed by atoms with van der Waals surface area (Å²) in [6, 6.07) is 0. The quantitative estimate of drug-likeness (QED) is 0.274. The zero-order chi connectivity index (χ0) is 28.5. The highest BCUT2D eigenvalue weighted by Crippen LogP contribution is 2.68. The summed E-state index contributed by atoms with van der Waals surface area (Å²) in [6.45, 7) is 7.62. The van der Waals surface area contributed by atoms with Crippen LogP contribution in [0.25, 0.3) is 0 Å². The van der Waals surface area contributed by atoms with Crippen molar-refractivity contribution in [3.63, 3.8) is 0 Å². The van der Waals surface area contributed by atoms with E-state index in [9.17, 15) is 19.8 Å². The fraction of sp³-hybridized carbons (Fsp3) is 0.933. The molecule has 11 atom stereocenters. The number of esters is 1. The van der Waals surface area contributed by atoms with E-state index < -0.39 is 12.2 Å². The van der Waals surface area contributed by atoms with Gasteiger partial charge in [-0.15, -0.1) is 23.2 Å². The summed E-state index contributed by atoms with van der Waals surface area (Å²) in [6.07, 6.45) is 5.66. The smallest absolute Gasteiger partial charge is 0.410 e. The number of hydrogen-bond donors (Lipinski definition) is 2. The number of carbonyl (C=O) groups is 2. The summed E-state index contributed by atoms with van der Waals surface area (Å²) in [5.74, 6) is 2.02. The van der Waals surface area contributed by atoms with Gasteiger partial charge in [-0.3, -0.25) is 4.79 Å². The highest BCUT2D eigenvalue weighted by Gasteiger charge is 2.65. The molecule has 4 aliphatic rings. The standard InChI is InChI=1S/C30H49Cl2NO6/c1-18(5-8-26(36)38-4)21-6-7-22-27-23(17-25(35)30(21,22)3)29(2)10-9-20(15-19(29)16-24(27)34)39-28(37)33(13-11-31)14-12-32/h18-25,27,34-35H,5-17H2,1-4H3/t18-,19+,20-,21-,22+,23+,24-,25+,27+,29+,30-/m1/s1. The Hall–Kier alpha value is -0.760. The van der Waals surface area contributed by atoms with Crippen LogP contribution in [0.2, 0.25) is 0 Å². The molecule has 2 N–H and O–H groups in total. The summed E-state index contributed by atoms with van der Waals surface area (Å²) in [5, 5.41) is 23.4. The molecule has 0 aromatic rings. The van der Waals surface area contributed by atoms with Crippen LogP contribution in [0.15, 0.2) is 0 Å². The lowest BCUT2D eigenvalue weighted by molar-refractivity contribution is -0.207. The number of fused-ring (bicyclic) bond motifs is 5. The van der Waals surface area contributed by atoms with E-state index >= 15 is 0 Å². The molecule has 4 rings (SSSR count). The lowest BCUT2D eigenvalue weighted by Crippen LogP contribution is -2.62. The second kappa shape index (κ2) is 12.6. The maximum atomic E-state index is 12.8. The average Bonchev–Trinajstić information content (AvgIpc) is 3.26. The molecule has 4 aliphatic carbocycles. The Morgan fingerprint density at radius 2 is 1.72 bits per heavy atom. The number of aliphatic hydroxyl groups excluding tert-OH is 2. The third-order valence-electron chi connectivity index (χ3n) is 11.8. The summed E-state index contributed by atoms with van der Waals surface area (Å²) < 4.78 is 10.8. The van der Waals surface area contributed by atoms with Gasteiger partial charge in [0, 0.05) is 31.3 Å². The van der Waals surface area contributed by atoms with Crippen LogP contribution in [-0.2, 0) is 14.3 Å². The molecule has 0 bridgehead atoms. The van der Waals surface area contributed by atoms with E-state index in [1.54, 1.807) is 4.90 Å². The zero-order valence-corrected chi connectivity index (χ0v) is 25.6. The molecule has 1 amide bonds. The average molecular weight is 591 g/mol. The molecule has 39 heavy (non-hydrogen) atoms. The number of carbonyl (C=O) groups excluding carboxylic acids is 2. The van der Waals surface area contributed by atoms with Crippen LogP contribution < -0.4 is 0 Å². The van der Waals surface area contributed by atoms with Gasteiger partial charge < -0.3 is 24.6 Å². The molecule has 0 aromatic carbocycles. The lowest BCUT2D eigenvalue weighted by Gasteiger charge is -2.63. The number of amides is 1. The summed E-state index contributed by atoms with van der Waals surface area (Å²) in [5.41, 5.74) is -0.266. The molecular weight excluding hydrogens is 541 g/mol. The van der Waals surface area contributed by atoms with Crippen molar-refractivity contribution in [2.75, 3.05) is 32.0 Å². The minimum atomic E-state index is -0.435. The minimum Gasteiger partial charge on any atom is -0.469 e. The van der Waals surface area contributed by atoms with Crippen molar-refractivity contribution in [1.29, 1.82) is 0 Å². The van der Waals surface area contributed by atoms with Gasteiger partial charge >= 0.3 is 12.1 Å². The van der Waals surface area contributed by atoms with Crippen molar-refractivity contribution in [2.24, 2.45) is 46.3 Å². The van der Waals surface area contributed by atoms with Crippen molar-refractivity contribution in [3.8, 4) is 0 Å². The molecule has 0 heterocycles. The molecular formula is C30H49Cl2NO6. The molecule has 0 unspecified atom stereocenters. The van der Waals surface area contributed by atoms with E-state index in [1.807, 2.05) is 0 Å². The van der Waals surface area contributed by atoms with Gasteiger partial charge in [-0.05, 0) is 97.7 Å². The first-order valence-corrected chi connectivity index (χ1v) is 16.1. The predicted molar refractivity (Wildman–Crippen MR) is 152 cm³/mol. The largest absolute Gasteiger partial charge is 0.469 e. The van der Waals surface area contributed by atoms with Crippen molar-refractivity contribution in [2.45, 2.75) is 96.9 Å². The van der Waals surface area contributed by atoms with Gasteiger partial charge in [-0.2, -0.15) is 0 Å². The third-order valence-corrected chi connectivity index (χ3v) is 12.1. The van der Waals surface area contributed by atoms with Gasteiger partial charge in [0.1, 0.15) is 6.10 Å². The van der Waals surface area contributed by atoms with Gasteiger partial charge in [-0.1, -0.05) is 20.8 Å². The second-order valence-electron chi connectivity index (χ2n) is 13.3. The van der Waals surface area contributed by atoms with Gasteiger partial charge in [0.05, 0.1) is 19.3 Å². The number of aliphatic hydroxyl groups is 2. The van der Waals surface area contributed by atoms with Crippen molar-refractivity contribution < 1.29 is 29.3 Å². The molecule has 4 fully saturated rings. The van der Waals surface area contributed by atoms with E-state index in [4.69, 9.17) is 32.7 Å². The van der Waals surface area contributed by atoms with Crippen LogP contribution in [0, 0.1) is 46.3 Å². The summed E-state index contributed by atoms with van der Waals surface area (Å²) in [7, 11) is 1.43. The van der Waals surface area contributed by atoms with Crippen LogP contribution in [0.3, 0.4) is 0 Å². The number of halogens is 2. The van der Waals surface area contributed by atoms with Crippen LogP contribution in [0.5, 0.6) is 0 Å². The lowest BCUT2D eigenvalue weighted by atomic mass is 9.43. The first kappa shape index (κ1) is 31.2. The molecule has 0 aromatic heterocycles. The Morgan fingerprint density at radius 3 is 2.36 bits per heavy atom. The van der Waals surface area contributed by atoms with Crippen LogP contribution in [0.1, 0.15) is 78.6 Å². The Labute approximate surface area is 244 Å². The van der Waals surface area contributed by atoms with Crippen LogP contribution in [0.4, 0.5) is 4.79 Å².